The van der Waals surface area contributed by atoms with Crippen molar-refractivity contribution < 1.29 is 9.72 Å². The number of nitro benzene ring substituents is 1. The molecular weight excluding hydrogens is 356 g/mol. The summed E-state index contributed by atoms with van der Waals surface area (Å²) in [6.45, 7) is 4.01. The van der Waals surface area contributed by atoms with Crippen LogP contribution in [-0.4, -0.2) is 48.0 Å². The largest absolute Gasteiger partial charge is 0.354 e. The van der Waals surface area contributed by atoms with Crippen LogP contribution in [0.1, 0.15) is 31.2 Å². The molecule has 0 aliphatic carbocycles. The van der Waals surface area contributed by atoms with Crippen molar-refractivity contribution in [1.82, 2.24) is 15.5 Å². The fourth-order valence-corrected chi connectivity index (χ4v) is 3.80. The van der Waals surface area contributed by atoms with E-state index in [-0.39, 0.29) is 35.0 Å². The summed E-state index contributed by atoms with van der Waals surface area (Å²) in [5, 5.41) is 17.5. The number of piperidine rings is 1. The fraction of sp³-hybridized carbons (Fsp3) is 0.611. The molecule has 0 radical (unpaired) electrons. The van der Waals surface area contributed by atoms with Gasteiger partial charge in [0.1, 0.15) is 0 Å². The number of carbonyl (C=O) groups is 1. The van der Waals surface area contributed by atoms with Crippen LogP contribution in [0.5, 0.6) is 0 Å². The molecule has 144 valence electrons. The Kier molecular flexibility index (Phi) is 7.81. The first-order valence-electron chi connectivity index (χ1n) is 9.09. The topological polar surface area (TPSA) is 87.5 Å². The molecule has 2 fully saturated rings. The van der Waals surface area contributed by atoms with Gasteiger partial charge >= 0.3 is 0 Å². The van der Waals surface area contributed by atoms with Crippen LogP contribution in [0.3, 0.4) is 0 Å². The first-order chi connectivity index (χ1) is 12.1. The summed E-state index contributed by atoms with van der Waals surface area (Å²) in [5.74, 6) is 0.509. The number of nitrogens with one attached hydrogen (secondary N) is 2. The molecule has 2 aliphatic heterocycles. The maximum Gasteiger partial charge on any atom is 0.273 e. The number of hydrogen-bond donors (Lipinski definition) is 2. The summed E-state index contributed by atoms with van der Waals surface area (Å²) in [6, 6.07) is 6.90. The third kappa shape index (κ3) is 5.40. The van der Waals surface area contributed by atoms with Gasteiger partial charge in [-0.05, 0) is 44.7 Å². The van der Waals surface area contributed by atoms with Crippen LogP contribution >= 0.6 is 12.4 Å². The Morgan fingerprint density at radius 3 is 2.85 bits per heavy atom. The molecule has 2 aliphatic rings. The average Bonchev–Trinajstić information content (AvgIpc) is 3.15. The Hall–Kier alpha value is -1.70. The minimum atomic E-state index is -0.314. The van der Waals surface area contributed by atoms with Gasteiger partial charge in [-0.3, -0.25) is 19.8 Å². The highest BCUT2D eigenvalue weighted by Gasteiger charge is 2.25. The van der Waals surface area contributed by atoms with Gasteiger partial charge < -0.3 is 10.6 Å². The molecule has 0 aromatic heterocycles. The van der Waals surface area contributed by atoms with E-state index in [4.69, 9.17) is 0 Å². The molecule has 8 heteroatoms. The normalized spacial score (nSPS) is 23.2. The number of nitrogens with zero attached hydrogens (tertiary/aromatic N) is 2. The molecule has 26 heavy (non-hydrogen) atoms. The van der Waals surface area contributed by atoms with Crippen LogP contribution in [0.4, 0.5) is 5.69 Å². The van der Waals surface area contributed by atoms with Crippen LogP contribution in [0, 0.1) is 16.0 Å². The number of benzene rings is 1. The highest BCUT2D eigenvalue weighted by Crippen LogP contribution is 2.23. The first kappa shape index (κ1) is 20.6. The maximum absolute atomic E-state index is 12.1. The van der Waals surface area contributed by atoms with Crippen LogP contribution < -0.4 is 10.6 Å². The molecule has 2 saturated heterocycles. The number of likely N-dealkylation sites (tertiary alicyclic amines) is 1. The lowest BCUT2D eigenvalue weighted by atomic mass is 9.97. The zero-order valence-corrected chi connectivity index (χ0v) is 15.7. The van der Waals surface area contributed by atoms with Crippen LogP contribution in [-0.2, 0) is 11.3 Å². The van der Waals surface area contributed by atoms with Gasteiger partial charge in [-0.1, -0.05) is 18.2 Å². The van der Waals surface area contributed by atoms with E-state index in [0.29, 0.717) is 19.0 Å². The highest BCUT2D eigenvalue weighted by atomic mass is 35.5. The number of para-hydroxylation sites is 1. The summed E-state index contributed by atoms with van der Waals surface area (Å²) < 4.78 is 0. The molecule has 0 saturated carbocycles. The highest BCUT2D eigenvalue weighted by molar-refractivity contribution is 5.85. The molecule has 1 aromatic carbocycles. The Bertz CT molecular complexity index is 622. The van der Waals surface area contributed by atoms with E-state index in [1.807, 2.05) is 12.1 Å². The zero-order valence-electron chi connectivity index (χ0n) is 14.9. The van der Waals surface area contributed by atoms with Crippen LogP contribution in [0.25, 0.3) is 0 Å². The molecule has 3 rings (SSSR count). The molecule has 7 nitrogen and oxygen atoms in total. The lowest BCUT2D eigenvalue weighted by Crippen LogP contribution is -2.45. The van der Waals surface area contributed by atoms with Crippen LogP contribution in [0.2, 0.25) is 0 Å². The average molecular weight is 383 g/mol. The van der Waals surface area contributed by atoms with Crippen molar-refractivity contribution in [3.05, 3.63) is 39.9 Å². The lowest BCUT2D eigenvalue weighted by Gasteiger charge is -2.33. The Morgan fingerprint density at radius 1 is 1.31 bits per heavy atom. The molecule has 2 atom stereocenters. The number of rotatable bonds is 6. The summed E-state index contributed by atoms with van der Waals surface area (Å²) in [5.41, 5.74) is 0.942. The molecule has 2 N–H and O–H groups in total. The van der Waals surface area contributed by atoms with E-state index in [9.17, 15) is 14.9 Å². The Balaban J connectivity index is 0.00000243. The fourth-order valence-electron chi connectivity index (χ4n) is 3.80. The molecule has 1 aromatic rings. The molecule has 2 unspecified atom stereocenters. The standard InChI is InChI=1S/C18H26N4O3.ClH/c23-18(16-7-3-9-19-16)20-11-14-5-4-10-21(12-14)13-15-6-1-2-8-17(15)22(24)25;/h1-2,6,8,14,16,19H,3-5,7,9-13H2,(H,20,23);1H. The lowest BCUT2D eigenvalue weighted by molar-refractivity contribution is -0.385. The van der Waals surface area contributed by atoms with Gasteiger partial charge in [-0.15, -0.1) is 12.4 Å². The molecule has 2 heterocycles. The number of carbonyl (C=O) groups excluding carboxylic acids is 1. The minimum absolute atomic E-state index is 0. The van der Waals surface area contributed by atoms with Gasteiger partial charge in [0.15, 0.2) is 0 Å². The van der Waals surface area contributed by atoms with Crippen molar-refractivity contribution in [2.45, 2.75) is 38.3 Å². The molecular formula is C18H27ClN4O3. The summed E-state index contributed by atoms with van der Waals surface area (Å²) in [7, 11) is 0. The second-order valence-corrected chi connectivity index (χ2v) is 7.02. The van der Waals surface area contributed by atoms with Gasteiger partial charge in [-0.2, -0.15) is 0 Å². The van der Waals surface area contributed by atoms with E-state index < -0.39 is 0 Å². The van der Waals surface area contributed by atoms with Crippen molar-refractivity contribution in [2.24, 2.45) is 5.92 Å². The number of amides is 1. The summed E-state index contributed by atoms with van der Waals surface area (Å²) in [6.07, 6.45) is 4.13. The van der Waals surface area contributed by atoms with Gasteiger partial charge in [0.05, 0.1) is 11.0 Å². The van der Waals surface area contributed by atoms with E-state index in [0.717, 1.165) is 50.9 Å². The zero-order chi connectivity index (χ0) is 17.6. The second-order valence-electron chi connectivity index (χ2n) is 7.02. The van der Waals surface area contributed by atoms with Crippen molar-refractivity contribution in [1.29, 1.82) is 0 Å². The third-order valence-corrected chi connectivity index (χ3v) is 5.13. The van der Waals surface area contributed by atoms with Gasteiger partial charge in [0.2, 0.25) is 5.91 Å². The quantitative estimate of drug-likeness (QED) is 0.581. The smallest absolute Gasteiger partial charge is 0.273 e. The van der Waals surface area contributed by atoms with E-state index in [1.54, 1.807) is 12.1 Å². The minimum Gasteiger partial charge on any atom is -0.354 e. The van der Waals surface area contributed by atoms with E-state index >= 15 is 0 Å². The Morgan fingerprint density at radius 2 is 2.12 bits per heavy atom. The monoisotopic (exact) mass is 382 g/mol. The van der Waals surface area contributed by atoms with Gasteiger partial charge in [-0.25, -0.2) is 0 Å². The first-order valence-corrected chi connectivity index (χ1v) is 9.09. The molecule has 0 spiro atoms. The van der Waals surface area contributed by atoms with E-state index in [1.165, 1.54) is 0 Å². The predicted octanol–water partition coefficient (Wildman–Crippen LogP) is 2.10. The predicted molar refractivity (Wildman–Crippen MR) is 102 cm³/mol. The SMILES string of the molecule is Cl.O=C(NCC1CCCN(Cc2ccccc2[N+](=O)[O-])C1)C1CCCN1. The summed E-state index contributed by atoms with van der Waals surface area (Å²) >= 11 is 0. The number of hydrogen-bond acceptors (Lipinski definition) is 5. The second kappa shape index (κ2) is 9.85. The number of halogens is 1. The summed E-state index contributed by atoms with van der Waals surface area (Å²) in [4.78, 5) is 25.2. The third-order valence-electron chi connectivity index (χ3n) is 5.13. The van der Waals surface area contributed by atoms with Crippen LogP contribution in [0.15, 0.2) is 24.3 Å². The van der Waals surface area contributed by atoms with E-state index in [2.05, 4.69) is 15.5 Å². The maximum atomic E-state index is 12.1. The van der Waals surface area contributed by atoms with Gasteiger partial charge in [0.25, 0.3) is 5.69 Å². The van der Waals surface area contributed by atoms with Crippen molar-refractivity contribution in [2.75, 3.05) is 26.2 Å². The van der Waals surface area contributed by atoms with Crippen molar-refractivity contribution in [3.8, 4) is 0 Å². The molecule has 1 amide bonds. The van der Waals surface area contributed by atoms with Crippen molar-refractivity contribution >= 4 is 24.0 Å². The molecule has 0 bridgehead atoms. The van der Waals surface area contributed by atoms with Crippen molar-refractivity contribution in [3.63, 3.8) is 0 Å². The number of nitro groups is 1. The Labute approximate surface area is 160 Å². The van der Waals surface area contributed by atoms with Gasteiger partial charge in [0, 0.05) is 31.3 Å².